The number of H-pyrrole nitrogens is 1. The number of nitrogens with one attached hydrogen (secondary N) is 2. The molecule has 2 aromatic heterocycles. The number of fused-ring (bicyclic) bond motifs is 1. The average molecular weight is 344 g/mol. The van der Waals surface area contributed by atoms with Crippen molar-refractivity contribution in [2.75, 3.05) is 13.7 Å². The number of aryl methyl sites for hydroxylation is 2. The summed E-state index contributed by atoms with van der Waals surface area (Å²) in [5.41, 5.74) is 2.88. The minimum Gasteiger partial charge on any atom is -0.382 e. The van der Waals surface area contributed by atoms with E-state index in [0.717, 1.165) is 22.3 Å². The first-order valence-corrected chi connectivity index (χ1v) is 8.03. The van der Waals surface area contributed by atoms with Gasteiger partial charge in [0.2, 0.25) is 5.91 Å². The molecule has 1 amide bonds. The Morgan fingerprint density at radius 3 is 2.92 bits per heavy atom. The molecule has 0 aliphatic rings. The van der Waals surface area contributed by atoms with Crippen LogP contribution in [-0.2, 0) is 23.0 Å². The van der Waals surface area contributed by atoms with Crippen LogP contribution >= 0.6 is 0 Å². The summed E-state index contributed by atoms with van der Waals surface area (Å²) in [5.74, 6) is -0.476. The Hall–Kier alpha value is -2.67. The number of carbonyl (C=O) groups is 1. The Balaban J connectivity index is 1.81. The number of para-hydroxylation sites is 1. The number of methoxy groups -OCH3 is 1. The standard InChI is InChI=1S/C18H21FN4O2/c1-11-13(12-5-4-6-14(19)18(12)21-11)9-17(24)22-15(10-25-3)16-7-8-20-23(16)2/h4-8,15,21H,9-10H2,1-3H3,(H,22,24)/t15-/m0/s1. The zero-order valence-corrected chi connectivity index (χ0v) is 14.5. The third-order valence-corrected chi connectivity index (χ3v) is 4.33. The number of aromatic nitrogens is 3. The van der Waals surface area contributed by atoms with Crippen LogP contribution in [0.3, 0.4) is 0 Å². The van der Waals surface area contributed by atoms with Gasteiger partial charge in [0.1, 0.15) is 5.82 Å². The van der Waals surface area contributed by atoms with Gasteiger partial charge < -0.3 is 15.0 Å². The van der Waals surface area contributed by atoms with Crippen molar-refractivity contribution in [3.8, 4) is 0 Å². The predicted octanol–water partition coefficient (Wildman–Crippen LogP) is 2.40. The van der Waals surface area contributed by atoms with E-state index in [1.54, 1.807) is 24.1 Å². The molecule has 2 heterocycles. The van der Waals surface area contributed by atoms with Crippen molar-refractivity contribution in [1.82, 2.24) is 20.1 Å². The van der Waals surface area contributed by atoms with Crippen LogP contribution in [0.25, 0.3) is 10.9 Å². The molecule has 3 aromatic rings. The van der Waals surface area contributed by atoms with Gasteiger partial charge in [-0.3, -0.25) is 9.48 Å². The first-order valence-electron chi connectivity index (χ1n) is 8.03. The Morgan fingerprint density at radius 1 is 1.44 bits per heavy atom. The zero-order chi connectivity index (χ0) is 18.0. The van der Waals surface area contributed by atoms with E-state index in [1.165, 1.54) is 6.07 Å². The number of halogens is 1. The molecule has 0 radical (unpaired) electrons. The molecule has 0 saturated carbocycles. The van der Waals surface area contributed by atoms with Crippen LogP contribution in [0.5, 0.6) is 0 Å². The van der Waals surface area contributed by atoms with E-state index in [2.05, 4.69) is 15.4 Å². The summed E-state index contributed by atoms with van der Waals surface area (Å²) in [7, 11) is 3.40. The number of ether oxygens (including phenoxy) is 1. The smallest absolute Gasteiger partial charge is 0.225 e. The van der Waals surface area contributed by atoms with Crippen LogP contribution in [0, 0.1) is 12.7 Å². The first-order chi connectivity index (χ1) is 12.0. The highest BCUT2D eigenvalue weighted by molar-refractivity contribution is 5.90. The summed E-state index contributed by atoms with van der Waals surface area (Å²) in [5, 5.41) is 7.84. The van der Waals surface area contributed by atoms with Crippen LogP contribution in [0.1, 0.15) is 23.0 Å². The summed E-state index contributed by atoms with van der Waals surface area (Å²) in [6.45, 7) is 2.18. The number of hydrogen-bond acceptors (Lipinski definition) is 3. The second kappa shape index (κ2) is 7.06. The number of benzene rings is 1. The van der Waals surface area contributed by atoms with Crippen molar-refractivity contribution in [2.24, 2.45) is 7.05 Å². The molecule has 132 valence electrons. The van der Waals surface area contributed by atoms with Gasteiger partial charge in [-0.05, 0) is 24.6 Å². The zero-order valence-electron chi connectivity index (χ0n) is 14.5. The van der Waals surface area contributed by atoms with Gasteiger partial charge in [-0.1, -0.05) is 12.1 Å². The van der Waals surface area contributed by atoms with Gasteiger partial charge >= 0.3 is 0 Å². The third kappa shape index (κ3) is 3.41. The van der Waals surface area contributed by atoms with Gasteiger partial charge in [0.05, 0.1) is 30.3 Å². The fourth-order valence-corrected chi connectivity index (χ4v) is 3.09. The molecule has 3 rings (SSSR count). The molecule has 0 aliphatic heterocycles. The molecular formula is C18H21FN4O2. The Morgan fingerprint density at radius 2 is 2.24 bits per heavy atom. The molecule has 2 N–H and O–H groups in total. The number of carbonyl (C=O) groups excluding carboxylic acids is 1. The van der Waals surface area contributed by atoms with E-state index >= 15 is 0 Å². The SMILES string of the molecule is COC[C@H](NC(=O)Cc1c(C)[nH]c2c(F)cccc12)c1ccnn1C. The number of amides is 1. The van der Waals surface area contributed by atoms with Gasteiger partial charge in [0.15, 0.2) is 0 Å². The van der Waals surface area contributed by atoms with Crippen LogP contribution in [0.15, 0.2) is 30.5 Å². The van der Waals surface area contributed by atoms with Crippen molar-refractivity contribution >= 4 is 16.8 Å². The third-order valence-electron chi connectivity index (χ3n) is 4.33. The number of hydrogen-bond donors (Lipinski definition) is 2. The van der Waals surface area contributed by atoms with Crippen LogP contribution in [0.4, 0.5) is 4.39 Å². The second-order valence-electron chi connectivity index (χ2n) is 6.02. The molecule has 1 atom stereocenters. The quantitative estimate of drug-likeness (QED) is 0.721. The van der Waals surface area contributed by atoms with Crippen molar-refractivity contribution < 1.29 is 13.9 Å². The van der Waals surface area contributed by atoms with Crippen LogP contribution < -0.4 is 5.32 Å². The Kier molecular flexibility index (Phi) is 4.85. The molecule has 0 fully saturated rings. The highest BCUT2D eigenvalue weighted by atomic mass is 19.1. The summed E-state index contributed by atoms with van der Waals surface area (Å²) < 4.78 is 20.8. The lowest BCUT2D eigenvalue weighted by Crippen LogP contribution is -2.33. The summed E-state index contributed by atoms with van der Waals surface area (Å²) in [4.78, 5) is 15.6. The molecule has 1 aromatic carbocycles. The predicted molar refractivity (Wildman–Crippen MR) is 92.7 cm³/mol. The highest BCUT2D eigenvalue weighted by Gasteiger charge is 2.20. The summed E-state index contributed by atoms with van der Waals surface area (Å²) in [6.07, 6.45) is 1.84. The molecule has 7 heteroatoms. The maximum absolute atomic E-state index is 13.9. The molecule has 0 aliphatic carbocycles. The monoisotopic (exact) mass is 344 g/mol. The van der Waals surface area contributed by atoms with Crippen molar-refractivity contribution in [3.05, 3.63) is 53.2 Å². The number of aromatic amines is 1. The van der Waals surface area contributed by atoms with Crippen molar-refractivity contribution in [3.63, 3.8) is 0 Å². The van der Waals surface area contributed by atoms with E-state index in [9.17, 15) is 9.18 Å². The largest absolute Gasteiger partial charge is 0.382 e. The molecule has 0 saturated heterocycles. The maximum atomic E-state index is 13.9. The van der Waals surface area contributed by atoms with E-state index in [4.69, 9.17) is 4.74 Å². The number of nitrogens with zero attached hydrogens (tertiary/aromatic N) is 2. The van der Waals surface area contributed by atoms with Crippen LogP contribution in [0.2, 0.25) is 0 Å². The van der Waals surface area contributed by atoms with E-state index in [0.29, 0.717) is 12.1 Å². The molecule has 0 spiro atoms. The minimum atomic E-state index is -0.320. The van der Waals surface area contributed by atoms with E-state index in [-0.39, 0.29) is 24.2 Å². The van der Waals surface area contributed by atoms with Gasteiger partial charge in [0.25, 0.3) is 0 Å². The normalized spacial score (nSPS) is 12.5. The fourth-order valence-electron chi connectivity index (χ4n) is 3.09. The molecule has 0 unspecified atom stereocenters. The summed E-state index contributed by atoms with van der Waals surface area (Å²) >= 11 is 0. The number of rotatable bonds is 6. The van der Waals surface area contributed by atoms with Gasteiger partial charge in [0, 0.05) is 31.4 Å². The lowest BCUT2D eigenvalue weighted by Gasteiger charge is -2.18. The molecule has 25 heavy (non-hydrogen) atoms. The lowest BCUT2D eigenvalue weighted by atomic mass is 10.1. The van der Waals surface area contributed by atoms with E-state index in [1.807, 2.05) is 26.1 Å². The van der Waals surface area contributed by atoms with Crippen LogP contribution in [-0.4, -0.2) is 34.4 Å². The summed E-state index contributed by atoms with van der Waals surface area (Å²) in [6, 6.07) is 6.41. The second-order valence-corrected chi connectivity index (χ2v) is 6.02. The molecule has 0 bridgehead atoms. The highest BCUT2D eigenvalue weighted by Crippen LogP contribution is 2.25. The molecular weight excluding hydrogens is 323 g/mol. The fraction of sp³-hybridized carbons (Fsp3) is 0.333. The average Bonchev–Trinajstić information content (AvgIpc) is 3.12. The van der Waals surface area contributed by atoms with Gasteiger partial charge in [-0.15, -0.1) is 0 Å². The first kappa shape index (κ1) is 17.2. The Bertz CT molecular complexity index is 900. The molecule has 6 nitrogen and oxygen atoms in total. The van der Waals surface area contributed by atoms with E-state index < -0.39 is 0 Å². The van der Waals surface area contributed by atoms with Gasteiger partial charge in [-0.2, -0.15) is 5.10 Å². The Labute approximate surface area is 145 Å². The lowest BCUT2D eigenvalue weighted by molar-refractivity contribution is -0.121. The topological polar surface area (TPSA) is 71.9 Å². The van der Waals surface area contributed by atoms with Gasteiger partial charge in [-0.25, -0.2) is 4.39 Å². The minimum absolute atomic E-state index is 0.156. The van der Waals surface area contributed by atoms with Crippen molar-refractivity contribution in [2.45, 2.75) is 19.4 Å². The maximum Gasteiger partial charge on any atom is 0.225 e. The van der Waals surface area contributed by atoms with Crippen molar-refractivity contribution in [1.29, 1.82) is 0 Å².